The molecule has 0 fully saturated rings. The van der Waals surface area contributed by atoms with E-state index in [0.29, 0.717) is 13.0 Å². The highest BCUT2D eigenvalue weighted by atomic mass is 32.2. The second-order valence-electron chi connectivity index (χ2n) is 3.38. The molecular formula is C9H18N2O2S. The first-order valence-electron chi connectivity index (χ1n) is 4.73. The highest BCUT2D eigenvalue weighted by molar-refractivity contribution is 7.91. The van der Waals surface area contributed by atoms with Gasteiger partial charge in [-0.1, -0.05) is 6.92 Å². The number of rotatable bonds is 6. The van der Waals surface area contributed by atoms with Gasteiger partial charge in [-0.25, -0.2) is 8.42 Å². The zero-order chi connectivity index (χ0) is 11.2. The third-order valence-corrected chi connectivity index (χ3v) is 4.04. The van der Waals surface area contributed by atoms with E-state index < -0.39 is 9.84 Å². The van der Waals surface area contributed by atoms with Crippen molar-refractivity contribution in [2.45, 2.75) is 26.3 Å². The van der Waals surface area contributed by atoms with Crippen LogP contribution in [-0.2, 0) is 9.84 Å². The quantitative estimate of drug-likeness (QED) is 0.657. The Bertz CT molecular complexity index is 292. The molecule has 0 aromatic carbocycles. The molecule has 0 aliphatic rings. The van der Waals surface area contributed by atoms with Crippen LogP contribution >= 0.6 is 0 Å². The predicted octanol–water partition coefficient (Wildman–Crippen LogP) is 0.655. The van der Waals surface area contributed by atoms with Gasteiger partial charge < -0.3 is 0 Å². The standard InChI is InChI=1S/C9H18N2O2S/c1-4-14(12,13)7-5-6-11(3)9(2)8-10/h9H,4-7H2,1-3H3. The maximum absolute atomic E-state index is 11.1. The highest BCUT2D eigenvalue weighted by Gasteiger charge is 2.10. The maximum atomic E-state index is 11.1. The average Bonchev–Trinajstić information content (AvgIpc) is 2.16. The van der Waals surface area contributed by atoms with Crippen LogP contribution in [0.5, 0.6) is 0 Å². The zero-order valence-corrected chi connectivity index (χ0v) is 9.84. The molecule has 0 heterocycles. The number of hydrogen-bond donors (Lipinski definition) is 0. The molecular weight excluding hydrogens is 200 g/mol. The lowest BCUT2D eigenvalue weighted by Gasteiger charge is -2.18. The zero-order valence-electron chi connectivity index (χ0n) is 9.02. The van der Waals surface area contributed by atoms with Gasteiger partial charge in [-0.3, -0.25) is 4.90 Å². The van der Waals surface area contributed by atoms with E-state index in [1.165, 1.54) is 0 Å². The van der Waals surface area contributed by atoms with Gasteiger partial charge in [0.1, 0.15) is 9.84 Å². The second-order valence-corrected chi connectivity index (χ2v) is 5.85. The maximum Gasteiger partial charge on any atom is 0.150 e. The lowest BCUT2D eigenvalue weighted by atomic mass is 10.3. The van der Waals surface area contributed by atoms with E-state index >= 15 is 0 Å². The summed E-state index contributed by atoms with van der Waals surface area (Å²) in [6.07, 6.45) is 0.596. The van der Waals surface area contributed by atoms with Gasteiger partial charge in [-0.15, -0.1) is 0 Å². The first kappa shape index (κ1) is 13.4. The Balaban J connectivity index is 3.82. The summed E-state index contributed by atoms with van der Waals surface area (Å²) in [7, 11) is -1.03. The number of nitrogens with zero attached hydrogens (tertiary/aromatic N) is 2. The molecule has 0 N–H and O–H groups in total. The van der Waals surface area contributed by atoms with Crippen molar-refractivity contribution in [1.82, 2.24) is 4.90 Å². The SMILES string of the molecule is CCS(=O)(=O)CCCN(C)C(C)C#N. The first-order valence-corrected chi connectivity index (χ1v) is 6.55. The fourth-order valence-corrected chi connectivity index (χ4v) is 1.83. The topological polar surface area (TPSA) is 61.2 Å². The fourth-order valence-electron chi connectivity index (χ4n) is 0.970. The van der Waals surface area contributed by atoms with Crippen LogP contribution < -0.4 is 0 Å². The number of hydrogen-bond acceptors (Lipinski definition) is 4. The van der Waals surface area contributed by atoms with Crippen molar-refractivity contribution in [1.29, 1.82) is 5.26 Å². The van der Waals surface area contributed by atoms with Crippen LogP contribution in [-0.4, -0.2) is 44.5 Å². The van der Waals surface area contributed by atoms with Gasteiger partial charge in [-0.2, -0.15) is 5.26 Å². The molecule has 0 saturated heterocycles. The molecule has 0 aliphatic heterocycles. The Kier molecular flexibility index (Phi) is 5.73. The van der Waals surface area contributed by atoms with E-state index in [2.05, 4.69) is 6.07 Å². The van der Waals surface area contributed by atoms with Crippen LogP contribution in [0.15, 0.2) is 0 Å². The third-order valence-electron chi connectivity index (χ3n) is 2.25. The lowest BCUT2D eigenvalue weighted by Crippen LogP contribution is -2.29. The molecule has 0 saturated carbocycles. The summed E-state index contributed by atoms with van der Waals surface area (Å²) in [5, 5.41) is 8.60. The molecule has 4 nitrogen and oxygen atoms in total. The summed E-state index contributed by atoms with van der Waals surface area (Å²) in [6.45, 7) is 4.10. The minimum absolute atomic E-state index is 0.153. The van der Waals surface area contributed by atoms with Crippen molar-refractivity contribution in [2.24, 2.45) is 0 Å². The van der Waals surface area contributed by atoms with Crippen molar-refractivity contribution in [2.75, 3.05) is 25.1 Å². The molecule has 1 unspecified atom stereocenters. The van der Waals surface area contributed by atoms with Gasteiger partial charge in [0.05, 0.1) is 17.9 Å². The smallest absolute Gasteiger partial charge is 0.150 e. The van der Waals surface area contributed by atoms with Crippen LogP contribution in [0.1, 0.15) is 20.3 Å². The van der Waals surface area contributed by atoms with Gasteiger partial charge >= 0.3 is 0 Å². The fraction of sp³-hybridized carbons (Fsp3) is 0.889. The molecule has 0 spiro atoms. The van der Waals surface area contributed by atoms with E-state index in [-0.39, 0.29) is 17.5 Å². The predicted molar refractivity (Wildman–Crippen MR) is 56.6 cm³/mol. The van der Waals surface area contributed by atoms with Crippen LogP contribution in [0.4, 0.5) is 0 Å². The van der Waals surface area contributed by atoms with E-state index in [1.54, 1.807) is 13.8 Å². The monoisotopic (exact) mass is 218 g/mol. The van der Waals surface area contributed by atoms with E-state index in [1.807, 2.05) is 11.9 Å². The Labute approximate surface area is 86.4 Å². The van der Waals surface area contributed by atoms with Gasteiger partial charge in [0, 0.05) is 12.3 Å². The second kappa shape index (κ2) is 5.99. The molecule has 0 bridgehead atoms. The lowest BCUT2D eigenvalue weighted by molar-refractivity contribution is 0.303. The third kappa shape index (κ3) is 5.20. The Hall–Kier alpha value is -0.600. The molecule has 5 heteroatoms. The molecule has 0 rings (SSSR count). The largest absolute Gasteiger partial charge is 0.291 e. The molecule has 0 aromatic rings. The van der Waals surface area contributed by atoms with E-state index in [9.17, 15) is 8.42 Å². The van der Waals surface area contributed by atoms with Crippen molar-refractivity contribution >= 4 is 9.84 Å². The average molecular weight is 218 g/mol. The van der Waals surface area contributed by atoms with Crippen LogP contribution in [0.25, 0.3) is 0 Å². The van der Waals surface area contributed by atoms with Gasteiger partial charge in [0.25, 0.3) is 0 Å². The highest BCUT2D eigenvalue weighted by Crippen LogP contribution is 1.98. The number of nitriles is 1. The summed E-state index contributed by atoms with van der Waals surface area (Å²) in [5.74, 6) is 0.413. The van der Waals surface area contributed by atoms with Crippen molar-refractivity contribution in [3.63, 3.8) is 0 Å². The summed E-state index contributed by atoms with van der Waals surface area (Å²) in [4.78, 5) is 1.85. The minimum atomic E-state index is -2.86. The molecule has 14 heavy (non-hydrogen) atoms. The molecule has 0 amide bonds. The summed E-state index contributed by atoms with van der Waals surface area (Å²) in [5.41, 5.74) is 0. The minimum Gasteiger partial charge on any atom is -0.291 e. The molecule has 1 atom stereocenters. The van der Waals surface area contributed by atoms with Gasteiger partial charge in [-0.05, 0) is 20.4 Å². The van der Waals surface area contributed by atoms with Gasteiger partial charge in [0.2, 0.25) is 0 Å². The summed E-state index contributed by atoms with van der Waals surface area (Å²) in [6, 6.07) is 1.95. The van der Waals surface area contributed by atoms with Crippen molar-refractivity contribution < 1.29 is 8.42 Å². The van der Waals surface area contributed by atoms with E-state index in [4.69, 9.17) is 5.26 Å². The normalized spacial score (nSPS) is 13.9. The van der Waals surface area contributed by atoms with Crippen molar-refractivity contribution in [3.05, 3.63) is 0 Å². The molecule has 0 aromatic heterocycles. The van der Waals surface area contributed by atoms with E-state index in [0.717, 1.165) is 0 Å². The Morgan fingerprint density at radius 1 is 1.50 bits per heavy atom. The van der Waals surface area contributed by atoms with Crippen LogP contribution in [0, 0.1) is 11.3 Å². The Morgan fingerprint density at radius 2 is 2.07 bits per heavy atom. The summed E-state index contributed by atoms with van der Waals surface area (Å²) >= 11 is 0. The molecule has 0 radical (unpaired) electrons. The Morgan fingerprint density at radius 3 is 2.50 bits per heavy atom. The van der Waals surface area contributed by atoms with Crippen molar-refractivity contribution in [3.8, 4) is 6.07 Å². The molecule has 0 aliphatic carbocycles. The van der Waals surface area contributed by atoms with Gasteiger partial charge in [0.15, 0.2) is 0 Å². The summed E-state index contributed by atoms with van der Waals surface area (Å²) < 4.78 is 22.3. The van der Waals surface area contributed by atoms with Crippen LogP contribution in [0.2, 0.25) is 0 Å². The van der Waals surface area contributed by atoms with Crippen LogP contribution in [0.3, 0.4) is 0 Å². The number of sulfone groups is 1. The molecule has 82 valence electrons. The first-order chi connectivity index (χ1) is 6.43.